The topological polar surface area (TPSA) is 54.0 Å². The SMILES string of the molecule is CNc1cc(-c2ncccc2Cl)ccc1C(=O)Nc1ccc(Cl)c(C(F)(F)F)c1. The second-order valence-corrected chi connectivity index (χ2v) is 6.81. The Balaban J connectivity index is 1.91. The Labute approximate surface area is 174 Å². The van der Waals surface area contributed by atoms with E-state index in [9.17, 15) is 18.0 Å². The first-order valence-corrected chi connectivity index (χ1v) is 9.07. The minimum Gasteiger partial charge on any atom is -0.387 e. The Bertz CT molecular complexity index is 1070. The number of carbonyl (C=O) groups excluding carboxylic acids is 1. The number of pyridine rings is 1. The van der Waals surface area contributed by atoms with Gasteiger partial charge in [0.2, 0.25) is 0 Å². The van der Waals surface area contributed by atoms with Crippen LogP contribution < -0.4 is 10.6 Å². The van der Waals surface area contributed by atoms with Crippen LogP contribution in [-0.2, 0) is 6.18 Å². The predicted octanol–water partition coefficient (Wildman–Crippen LogP) is 6.37. The van der Waals surface area contributed by atoms with Gasteiger partial charge in [-0.1, -0.05) is 29.3 Å². The summed E-state index contributed by atoms with van der Waals surface area (Å²) in [6.45, 7) is 0. The van der Waals surface area contributed by atoms with Gasteiger partial charge in [0.25, 0.3) is 5.91 Å². The predicted molar refractivity (Wildman–Crippen MR) is 109 cm³/mol. The van der Waals surface area contributed by atoms with Crippen molar-refractivity contribution in [2.75, 3.05) is 17.7 Å². The smallest absolute Gasteiger partial charge is 0.387 e. The van der Waals surface area contributed by atoms with E-state index in [0.29, 0.717) is 22.0 Å². The lowest BCUT2D eigenvalue weighted by atomic mass is 10.0. The molecule has 4 nitrogen and oxygen atoms in total. The van der Waals surface area contributed by atoms with Crippen molar-refractivity contribution in [3.8, 4) is 11.3 Å². The first kappa shape index (κ1) is 21.0. The zero-order valence-electron chi connectivity index (χ0n) is 14.9. The largest absolute Gasteiger partial charge is 0.417 e. The molecule has 0 aliphatic carbocycles. The molecular formula is C20H14Cl2F3N3O. The highest BCUT2D eigenvalue weighted by Crippen LogP contribution is 2.36. The number of nitrogens with zero attached hydrogens (tertiary/aromatic N) is 1. The molecule has 0 saturated carbocycles. The molecule has 0 aliphatic heterocycles. The molecule has 0 aliphatic rings. The van der Waals surface area contributed by atoms with E-state index >= 15 is 0 Å². The number of hydrogen-bond donors (Lipinski definition) is 2. The third kappa shape index (κ3) is 4.63. The van der Waals surface area contributed by atoms with Gasteiger partial charge in [-0.05, 0) is 42.5 Å². The van der Waals surface area contributed by atoms with Crippen molar-refractivity contribution >= 4 is 40.5 Å². The lowest BCUT2D eigenvalue weighted by molar-refractivity contribution is -0.137. The van der Waals surface area contributed by atoms with Gasteiger partial charge in [0.15, 0.2) is 0 Å². The third-order valence-electron chi connectivity index (χ3n) is 4.10. The molecule has 0 fully saturated rings. The number of anilines is 2. The summed E-state index contributed by atoms with van der Waals surface area (Å²) >= 11 is 11.8. The Morgan fingerprint density at radius 1 is 1.03 bits per heavy atom. The zero-order chi connectivity index (χ0) is 21.2. The van der Waals surface area contributed by atoms with Gasteiger partial charge in [-0.25, -0.2) is 0 Å². The second-order valence-electron chi connectivity index (χ2n) is 5.99. The van der Waals surface area contributed by atoms with Crippen LogP contribution in [0.25, 0.3) is 11.3 Å². The first-order chi connectivity index (χ1) is 13.7. The number of amides is 1. The van der Waals surface area contributed by atoms with Crippen LogP contribution >= 0.6 is 23.2 Å². The first-order valence-electron chi connectivity index (χ1n) is 8.31. The Kier molecular flexibility index (Phi) is 6.00. The maximum absolute atomic E-state index is 13.0. The molecule has 3 aromatic rings. The quantitative estimate of drug-likeness (QED) is 0.496. The van der Waals surface area contributed by atoms with Gasteiger partial charge < -0.3 is 10.6 Å². The third-order valence-corrected chi connectivity index (χ3v) is 4.73. The van der Waals surface area contributed by atoms with Gasteiger partial charge in [-0.2, -0.15) is 13.2 Å². The molecule has 0 radical (unpaired) electrons. The summed E-state index contributed by atoms with van der Waals surface area (Å²) < 4.78 is 39.1. The number of aromatic nitrogens is 1. The molecule has 1 heterocycles. The minimum atomic E-state index is -4.63. The van der Waals surface area contributed by atoms with Crippen molar-refractivity contribution in [3.63, 3.8) is 0 Å². The molecule has 0 spiro atoms. The lowest BCUT2D eigenvalue weighted by Gasteiger charge is -2.14. The van der Waals surface area contributed by atoms with Crippen LogP contribution in [0, 0.1) is 0 Å². The summed E-state index contributed by atoms with van der Waals surface area (Å²) in [4.78, 5) is 16.9. The number of halogens is 5. The highest BCUT2D eigenvalue weighted by Gasteiger charge is 2.33. The fourth-order valence-corrected chi connectivity index (χ4v) is 3.17. The van der Waals surface area contributed by atoms with E-state index in [0.717, 1.165) is 12.1 Å². The van der Waals surface area contributed by atoms with Crippen molar-refractivity contribution in [3.05, 3.63) is 75.9 Å². The van der Waals surface area contributed by atoms with E-state index in [1.54, 1.807) is 43.6 Å². The molecule has 2 N–H and O–H groups in total. The molecule has 3 rings (SSSR count). The molecule has 0 bridgehead atoms. The van der Waals surface area contributed by atoms with Gasteiger partial charge in [0.05, 0.1) is 26.9 Å². The molecule has 150 valence electrons. The lowest BCUT2D eigenvalue weighted by Crippen LogP contribution is -2.15. The van der Waals surface area contributed by atoms with Crippen LogP contribution in [0.1, 0.15) is 15.9 Å². The monoisotopic (exact) mass is 439 g/mol. The number of nitrogens with one attached hydrogen (secondary N) is 2. The Hall–Kier alpha value is -2.77. The average molecular weight is 440 g/mol. The maximum Gasteiger partial charge on any atom is 0.417 e. The Morgan fingerprint density at radius 2 is 1.79 bits per heavy atom. The summed E-state index contributed by atoms with van der Waals surface area (Å²) in [5, 5.41) is 5.38. The summed E-state index contributed by atoms with van der Waals surface area (Å²) in [5.74, 6) is -0.580. The molecule has 29 heavy (non-hydrogen) atoms. The fourth-order valence-electron chi connectivity index (χ4n) is 2.71. The summed E-state index contributed by atoms with van der Waals surface area (Å²) in [7, 11) is 1.62. The zero-order valence-corrected chi connectivity index (χ0v) is 16.5. The molecule has 0 atom stereocenters. The molecule has 2 aromatic carbocycles. The Morgan fingerprint density at radius 3 is 2.45 bits per heavy atom. The van der Waals surface area contributed by atoms with Gasteiger partial charge >= 0.3 is 6.18 Å². The van der Waals surface area contributed by atoms with E-state index < -0.39 is 22.7 Å². The molecule has 1 amide bonds. The summed E-state index contributed by atoms with van der Waals surface area (Å²) in [6, 6.07) is 11.5. The number of carbonyl (C=O) groups is 1. The molecule has 0 saturated heterocycles. The summed E-state index contributed by atoms with van der Waals surface area (Å²) in [5.41, 5.74) is 0.891. The highest BCUT2D eigenvalue weighted by molar-refractivity contribution is 6.33. The van der Waals surface area contributed by atoms with Crippen molar-refractivity contribution in [2.45, 2.75) is 6.18 Å². The van der Waals surface area contributed by atoms with Crippen LogP contribution in [0.3, 0.4) is 0 Å². The normalized spacial score (nSPS) is 11.2. The van der Waals surface area contributed by atoms with Gasteiger partial charge in [0.1, 0.15) is 0 Å². The van der Waals surface area contributed by atoms with Gasteiger partial charge in [-0.15, -0.1) is 0 Å². The van der Waals surface area contributed by atoms with Crippen LogP contribution in [0.5, 0.6) is 0 Å². The molecule has 9 heteroatoms. The average Bonchev–Trinajstić information content (AvgIpc) is 2.68. The highest BCUT2D eigenvalue weighted by atomic mass is 35.5. The minimum absolute atomic E-state index is 0.0226. The van der Waals surface area contributed by atoms with Crippen LogP contribution in [0.2, 0.25) is 10.0 Å². The van der Waals surface area contributed by atoms with E-state index in [4.69, 9.17) is 23.2 Å². The molecular weight excluding hydrogens is 426 g/mol. The van der Waals surface area contributed by atoms with Crippen molar-refractivity contribution in [1.82, 2.24) is 4.98 Å². The van der Waals surface area contributed by atoms with Crippen molar-refractivity contribution in [2.24, 2.45) is 0 Å². The van der Waals surface area contributed by atoms with Crippen LogP contribution in [0.15, 0.2) is 54.7 Å². The van der Waals surface area contributed by atoms with Gasteiger partial charge in [0, 0.05) is 30.2 Å². The number of hydrogen-bond acceptors (Lipinski definition) is 3. The van der Waals surface area contributed by atoms with Crippen LogP contribution in [-0.4, -0.2) is 17.9 Å². The number of rotatable bonds is 4. The van der Waals surface area contributed by atoms with E-state index in [1.807, 2.05) is 0 Å². The van der Waals surface area contributed by atoms with Crippen molar-refractivity contribution in [1.29, 1.82) is 0 Å². The van der Waals surface area contributed by atoms with E-state index in [-0.39, 0.29) is 11.3 Å². The number of benzene rings is 2. The number of alkyl halides is 3. The summed E-state index contributed by atoms with van der Waals surface area (Å²) in [6.07, 6.45) is -3.03. The second kappa shape index (κ2) is 8.31. The maximum atomic E-state index is 13.0. The van der Waals surface area contributed by atoms with E-state index in [1.165, 1.54) is 6.07 Å². The molecule has 0 unspecified atom stereocenters. The van der Waals surface area contributed by atoms with E-state index in [2.05, 4.69) is 15.6 Å². The molecule has 1 aromatic heterocycles. The van der Waals surface area contributed by atoms with Crippen LogP contribution in [0.4, 0.5) is 24.5 Å². The standard InChI is InChI=1S/C20H14Cl2F3N3O/c1-26-17-9-11(18-16(22)3-2-8-27-18)4-6-13(17)19(29)28-12-5-7-15(21)14(10-12)20(23,24)25/h2-10,26H,1H3,(H,28,29). The van der Waals surface area contributed by atoms with Gasteiger partial charge in [-0.3, -0.25) is 9.78 Å². The van der Waals surface area contributed by atoms with Crippen molar-refractivity contribution < 1.29 is 18.0 Å². The fraction of sp³-hybridized carbons (Fsp3) is 0.100.